The van der Waals surface area contributed by atoms with Crippen LogP contribution >= 0.6 is 0 Å². The second-order valence-electron chi connectivity index (χ2n) is 9.98. The largest absolute Gasteiger partial charge is 0.497 e. The molecular weight excluding hydrogens is 476 g/mol. The van der Waals surface area contributed by atoms with Crippen LogP contribution in [0.1, 0.15) is 43.4 Å². The molecule has 202 valence electrons. The Morgan fingerprint density at radius 2 is 1.58 bits per heavy atom. The van der Waals surface area contributed by atoms with Crippen molar-refractivity contribution in [2.75, 3.05) is 20.3 Å². The average molecular weight is 517 g/mol. The van der Waals surface area contributed by atoms with Crippen molar-refractivity contribution in [1.29, 1.82) is 0 Å². The van der Waals surface area contributed by atoms with E-state index in [1.54, 1.807) is 12.0 Å². The van der Waals surface area contributed by atoms with Crippen molar-refractivity contribution in [2.45, 2.75) is 52.6 Å². The van der Waals surface area contributed by atoms with Crippen molar-refractivity contribution in [2.24, 2.45) is 5.92 Å². The quantitative estimate of drug-likeness (QED) is 0.284. The highest BCUT2D eigenvalue weighted by atomic mass is 16.5. The van der Waals surface area contributed by atoms with E-state index >= 15 is 0 Å². The van der Waals surface area contributed by atoms with Gasteiger partial charge in [-0.2, -0.15) is 0 Å². The highest BCUT2D eigenvalue weighted by molar-refractivity contribution is 5.88. The first-order valence-electron chi connectivity index (χ1n) is 13.3. The number of methoxy groups -OCH3 is 1. The van der Waals surface area contributed by atoms with E-state index in [-0.39, 0.29) is 18.2 Å². The molecule has 0 unspecified atom stereocenters. The monoisotopic (exact) mass is 516 g/mol. The fourth-order valence-electron chi connectivity index (χ4n) is 4.21. The highest BCUT2D eigenvalue weighted by Gasteiger charge is 2.30. The van der Waals surface area contributed by atoms with Crippen molar-refractivity contribution >= 4 is 11.8 Å². The SMILES string of the molecule is COc1ccc(OCCCC(=O)N(Cc2cccc(C)c2)[C@@H](Cc2ccccc2)C(=O)NCC(C)C)cc1. The Hall–Kier alpha value is -3.80. The Morgan fingerprint density at radius 1 is 0.895 bits per heavy atom. The number of nitrogens with one attached hydrogen (secondary N) is 1. The molecular formula is C32H40N2O4. The van der Waals surface area contributed by atoms with Crippen molar-refractivity contribution in [3.63, 3.8) is 0 Å². The van der Waals surface area contributed by atoms with E-state index < -0.39 is 6.04 Å². The maximum atomic E-state index is 13.7. The summed E-state index contributed by atoms with van der Waals surface area (Å²) in [4.78, 5) is 28.9. The molecule has 3 aromatic carbocycles. The Balaban J connectivity index is 1.76. The summed E-state index contributed by atoms with van der Waals surface area (Å²) in [7, 11) is 1.62. The van der Waals surface area contributed by atoms with E-state index in [9.17, 15) is 9.59 Å². The van der Waals surface area contributed by atoms with Crippen LogP contribution in [0.2, 0.25) is 0 Å². The summed E-state index contributed by atoms with van der Waals surface area (Å²) in [6.45, 7) is 7.48. The summed E-state index contributed by atoms with van der Waals surface area (Å²) >= 11 is 0. The van der Waals surface area contributed by atoms with Crippen LogP contribution in [0.4, 0.5) is 0 Å². The van der Waals surface area contributed by atoms with E-state index in [0.717, 1.165) is 28.2 Å². The van der Waals surface area contributed by atoms with Gasteiger partial charge in [-0.3, -0.25) is 9.59 Å². The smallest absolute Gasteiger partial charge is 0.243 e. The zero-order valence-electron chi connectivity index (χ0n) is 23.0. The number of carbonyl (C=O) groups is 2. The van der Waals surface area contributed by atoms with Crippen LogP contribution in [0.25, 0.3) is 0 Å². The number of ether oxygens (including phenoxy) is 2. The summed E-state index contributed by atoms with van der Waals surface area (Å²) in [6, 6.07) is 24.7. The van der Waals surface area contributed by atoms with Gasteiger partial charge >= 0.3 is 0 Å². The van der Waals surface area contributed by atoms with E-state index in [2.05, 4.69) is 25.2 Å². The lowest BCUT2D eigenvalue weighted by Gasteiger charge is -2.32. The van der Waals surface area contributed by atoms with E-state index in [0.29, 0.717) is 38.5 Å². The minimum Gasteiger partial charge on any atom is -0.497 e. The molecule has 3 aromatic rings. The van der Waals surface area contributed by atoms with Gasteiger partial charge in [0, 0.05) is 25.9 Å². The third kappa shape index (κ3) is 9.25. The fraction of sp³-hybridized carbons (Fsp3) is 0.375. The molecule has 38 heavy (non-hydrogen) atoms. The Bertz CT molecular complexity index is 1150. The van der Waals surface area contributed by atoms with Gasteiger partial charge in [-0.1, -0.05) is 74.0 Å². The number of nitrogens with zero attached hydrogens (tertiary/aromatic N) is 1. The maximum Gasteiger partial charge on any atom is 0.243 e. The van der Waals surface area contributed by atoms with E-state index in [4.69, 9.17) is 9.47 Å². The molecule has 0 heterocycles. The molecule has 0 aliphatic carbocycles. The minimum atomic E-state index is -0.619. The molecule has 0 fully saturated rings. The minimum absolute atomic E-state index is 0.0644. The zero-order chi connectivity index (χ0) is 27.3. The van der Waals surface area contributed by atoms with Gasteiger partial charge in [0.2, 0.25) is 11.8 Å². The van der Waals surface area contributed by atoms with Crippen LogP contribution < -0.4 is 14.8 Å². The lowest BCUT2D eigenvalue weighted by atomic mass is 10.0. The lowest BCUT2D eigenvalue weighted by molar-refractivity contribution is -0.141. The van der Waals surface area contributed by atoms with Crippen LogP contribution in [-0.4, -0.2) is 43.0 Å². The molecule has 6 heteroatoms. The molecule has 0 aliphatic heterocycles. The third-order valence-corrected chi connectivity index (χ3v) is 6.25. The van der Waals surface area contributed by atoms with Gasteiger partial charge in [0.1, 0.15) is 17.5 Å². The lowest BCUT2D eigenvalue weighted by Crippen LogP contribution is -2.51. The summed E-state index contributed by atoms with van der Waals surface area (Å²) in [5.74, 6) is 1.61. The second-order valence-corrected chi connectivity index (χ2v) is 9.98. The van der Waals surface area contributed by atoms with Crippen molar-refractivity contribution in [3.8, 4) is 11.5 Å². The molecule has 0 spiro atoms. The molecule has 0 saturated carbocycles. The normalized spacial score (nSPS) is 11.6. The van der Waals surface area contributed by atoms with Gasteiger partial charge in [-0.25, -0.2) is 0 Å². The van der Waals surface area contributed by atoms with E-state index in [1.807, 2.05) is 79.7 Å². The van der Waals surface area contributed by atoms with Gasteiger partial charge in [0.25, 0.3) is 0 Å². The third-order valence-electron chi connectivity index (χ3n) is 6.25. The predicted octanol–water partition coefficient (Wildman–Crippen LogP) is 5.57. The van der Waals surface area contributed by atoms with Crippen molar-refractivity contribution in [3.05, 3.63) is 95.6 Å². The topological polar surface area (TPSA) is 67.9 Å². The number of aryl methyl sites for hydroxylation is 1. The van der Waals surface area contributed by atoms with Crippen LogP contribution in [0, 0.1) is 12.8 Å². The van der Waals surface area contributed by atoms with Crippen molar-refractivity contribution in [1.82, 2.24) is 10.2 Å². The van der Waals surface area contributed by atoms with Crippen molar-refractivity contribution < 1.29 is 19.1 Å². The number of hydrogen-bond acceptors (Lipinski definition) is 4. The first-order valence-corrected chi connectivity index (χ1v) is 13.3. The Kier molecular flexibility index (Phi) is 11.2. The number of hydrogen-bond donors (Lipinski definition) is 1. The Labute approximate surface area is 227 Å². The van der Waals surface area contributed by atoms with Crippen LogP contribution in [0.3, 0.4) is 0 Å². The summed E-state index contributed by atoms with van der Waals surface area (Å²) < 4.78 is 11.0. The number of benzene rings is 3. The number of rotatable bonds is 14. The molecule has 2 amide bonds. The first-order chi connectivity index (χ1) is 18.4. The number of amides is 2. The maximum absolute atomic E-state index is 13.7. The van der Waals surface area contributed by atoms with Gasteiger partial charge in [-0.15, -0.1) is 0 Å². The molecule has 1 atom stereocenters. The zero-order valence-corrected chi connectivity index (χ0v) is 23.0. The first kappa shape index (κ1) is 28.8. The summed E-state index contributed by atoms with van der Waals surface area (Å²) in [6.07, 6.45) is 1.27. The van der Waals surface area contributed by atoms with Crippen LogP contribution in [0.5, 0.6) is 11.5 Å². The summed E-state index contributed by atoms with van der Waals surface area (Å²) in [5.41, 5.74) is 3.14. The summed E-state index contributed by atoms with van der Waals surface area (Å²) in [5, 5.41) is 3.07. The predicted molar refractivity (Wildman–Crippen MR) is 151 cm³/mol. The molecule has 6 nitrogen and oxygen atoms in total. The van der Waals surface area contributed by atoms with Crippen LogP contribution in [-0.2, 0) is 22.6 Å². The molecule has 1 N–H and O–H groups in total. The standard InChI is InChI=1S/C32H40N2O4/c1-24(2)22-33-32(36)30(21-26-11-6-5-7-12-26)34(23-27-13-8-10-25(3)20-27)31(35)14-9-19-38-29-17-15-28(37-4)16-18-29/h5-8,10-13,15-18,20,24,30H,9,14,19,21-23H2,1-4H3,(H,33,36)/t30-/m0/s1. The van der Waals surface area contributed by atoms with Gasteiger partial charge in [0.15, 0.2) is 0 Å². The second kappa shape index (κ2) is 14.8. The average Bonchev–Trinajstić information content (AvgIpc) is 2.92. The van der Waals surface area contributed by atoms with Gasteiger partial charge < -0.3 is 19.7 Å². The van der Waals surface area contributed by atoms with Gasteiger partial charge in [0.05, 0.1) is 13.7 Å². The van der Waals surface area contributed by atoms with Crippen LogP contribution in [0.15, 0.2) is 78.9 Å². The van der Waals surface area contributed by atoms with E-state index in [1.165, 1.54) is 0 Å². The molecule has 0 radical (unpaired) electrons. The fourth-order valence-corrected chi connectivity index (χ4v) is 4.21. The molecule has 0 saturated heterocycles. The molecule has 0 bridgehead atoms. The highest BCUT2D eigenvalue weighted by Crippen LogP contribution is 2.19. The Morgan fingerprint density at radius 3 is 2.24 bits per heavy atom. The molecule has 3 rings (SSSR count). The molecule has 0 aromatic heterocycles. The van der Waals surface area contributed by atoms with Gasteiger partial charge in [-0.05, 0) is 54.7 Å². The molecule has 0 aliphatic rings. The number of carbonyl (C=O) groups excluding carboxylic acids is 2.